The summed E-state index contributed by atoms with van der Waals surface area (Å²) in [5.41, 5.74) is 0.918. The summed E-state index contributed by atoms with van der Waals surface area (Å²) in [6.45, 7) is 6.11. The Morgan fingerprint density at radius 1 is 1.38 bits per heavy atom. The Morgan fingerprint density at radius 2 is 2.10 bits per heavy atom. The third-order valence-electron chi connectivity index (χ3n) is 2.81. The van der Waals surface area contributed by atoms with Crippen LogP contribution in [0.2, 0.25) is 0 Å². The van der Waals surface area contributed by atoms with Gasteiger partial charge in [0.1, 0.15) is 0 Å². The molecule has 0 bridgehead atoms. The molecule has 2 rings (SSSR count). The number of anilines is 1. The lowest BCUT2D eigenvalue weighted by Gasteiger charge is -2.14. The van der Waals surface area contributed by atoms with E-state index in [9.17, 15) is 14.9 Å². The van der Waals surface area contributed by atoms with Crippen LogP contribution in [0.25, 0.3) is 0 Å². The van der Waals surface area contributed by atoms with Crippen molar-refractivity contribution >= 4 is 28.1 Å². The Labute approximate surface area is 126 Å². The zero-order chi connectivity index (χ0) is 15.6. The van der Waals surface area contributed by atoms with Crippen LogP contribution in [-0.2, 0) is 5.41 Å². The van der Waals surface area contributed by atoms with Gasteiger partial charge in [-0.25, -0.2) is 4.98 Å². The van der Waals surface area contributed by atoms with Crippen LogP contribution in [0.15, 0.2) is 29.6 Å². The molecular formula is C14H15N3O3S. The number of rotatable bonds is 3. The fraction of sp³-hybridized carbons (Fsp3) is 0.286. The van der Waals surface area contributed by atoms with E-state index in [-0.39, 0.29) is 16.7 Å². The Bertz CT molecular complexity index is 689. The number of nitrogens with zero attached hydrogens (tertiary/aromatic N) is 2. The number of amides is 1. The minimum atomic E-state index is -0.530. The van der Waals surface area contributed by atoms with Gasteiger partial charge in [0, 0.05) is 28.5 Å². The first-order valence-electron chi connectivity index (χ1n) is 6.29. The second-order valence-corrected chi connectivity index (χ2v) is 6.41. The maximum absolute atomic E-state index is 12.1. The van der Waals surface area contributed by atoms with Gasteiger partial charge in [-0.1, -0.05) is 26.8 Å². The maximum atomic E-state index is 12.1. The molecule has 0 radical (unpaired) electrons. The Hall–Kier alpha value is -2.28. The molecular weight excluding hydrogens is 290 g/mol. The highest BCUT2D eigenvalue weighted by molar-refractivity contribution is 7.14. The van der Waals surface area contributed by atoms with Gasteiger partial charge in [-0.3, -0.25) is 20.2 Å². The Morgan fingerprint density at radius 3 is 2.67 bits per heavy atom. The minimum Gasteiger partial charge on any atom is -0.298 e. The van der Waals surface area contributed by atoms with Crippen LogP contribution < -0.4 is 5.32 Å². The zero-order valence-electron chi connectivity index (χ0n) is 11.9. The van der Waals surface area contributed by atoms with Crippen molar-refractivity contribution in [3.63, 3.8) is 0 Å². The van der Waals surface area contributed by atoms with Crippen molar-refractivity contribution in [3.8, 4) is 0 Å². The van der Waals surface area contributed by atoms with E-state index < -0.39 is 10.8 Å². The average molecular weight is 305 g/mol. The van der Waals surface area contributed by atoms with Gasteiger partial charge >= 0.3 is 0 Å². The quantitative estimate of drug-likeness (QED) is 0.693. The molecule has 0 aliphatic rings. The number of thiazole rings is 1. The molecule has 1 aromatic heterocycles. The van der Waals surface area contributed by atoms with E-state index in [4.69, 9.17) is 0 Å². The molecule has 0 saturated carbocycles. The largest absolute Gasteiger partial charge is 0.298 e. The minimum absolute atomic E-state index is 0.0923. The molecule has 1 aromatic carbocycles. The molecule has 110 valence electrons. The third-order valence-corrected chi connectivity index (χ3v) is 3.57. The summed E-state index contributed by atoms with van der Waals surface area (Å²) in [5.74, 6) is -0.409. The molecule has 0 saturated heterocycles. The fourth-order valence-electron chi connectivity index (χ4n) is 1.61. The summed E-state index contributed by atoms with van der Waals surface area (Å²) < 4.78 is 0. The number of non-ortho nitro benzene ring substituents is 1. The van der Waals surface area contributed by atoms with Gasteiger partial charge in [0.25, 0.3) is 11.6 Å². The molecule has 1 amide bonds. The molecule has 1 N–H and O–H groups in total. The number of hydrogen-bond acceptors (Lipinski definition) is 5. The smallest absolute Gasteiger partial charge is 0.270 e. The summed E-state index contributed by atoms with van der Waals surface area (Å²) in [5, 5.41) is 15.7. The number of aromatic nitrogens is 1. The van der Waals surface area contributed by atoms with E-state index in [0.29, 0.717) is 5.13 Å². The Kier molecular flexibility index (Phi) is 4.04. The monoisotopic (exact) mass is 305 g/mol. The Balaban J connectivity index is 2.16. The normalized spacial score (nSPS) is 11.2. The van der Waals surface area contributed by atoms with Gasteiger partial charge in [-0.15, -0.1) is 11.3 Å². The van der Waals surface area contributed by atoms with Crippen LogP contribution in [-0.4, -0.2) is 15.8 Å². The van der Waals surface area contributed by atoms with Gasteiger partial charge in [0.15, 0.2) is 5.13 Å². The molecule has 0 spiro atoms. The van der Waals surface area contributed by atoms with E-state index in [2.05, 4.69) is 10.3 Å². The van der Waals surface area contributed by atoms with Crippen LogP contribution in [0.4, 0.5) is 10.8 Å². The van der Waals surface area contributed by atoms with Gasteiger partial charge < -0.3 is 0 Å². The standard InChI is InChI=1S/C14H15N3O3S/c1-14(2,3)11-8-21-13(15-11)16-12(18)9-5-4-6-10(7-9)17(19)20/h4-8H,1-3H3,(H,15,16,18). The van der Waals surface area contributed by atoms with Crippen LogP contribution in [0, 0.1) is 10.1 Å². The highest BCUT2D eigenvalue weighted by Crippen LogP contribution is 2.26. The number of nitro groups is 1. The van der Waals surface area contributed by atoms with E-state index in [1.807, 2.05) is 26.2 Å². The number of carbonyl (C=O) groups excluding carboxylic acids is 1. The molecule has 6 nitrogen and oxygen atoms in total. The molecule has 7 heteroatoms. The molecule has 0 aliphatic heterocycles. The predicted molar refractivity (Wildman–Crippen MR) is 81.9 cm³/mol. The highest BCUT2D eigenvalue weighted by atomic mass is 32.1. The van der Waals surface area contributed by atoms with E-state index in [1.54, 1.807) is 0 Å². The van der Waals surface area contributed by atoms with Crippen molar-refractivity contribution < 1.29 is 9.72 Å². The molecule has 0 aliphatic carbocycles. The number of benzene rings is 1. The molecule has 0 unspecified atom stereocenters. The van der Waals surface area contributed by atoms with Crippen molar-refractivity contribution in [1.82, 2.24) is 4.98 Å². The van der Waals surface area contributed by atoms with Crippen LogP contribution in [0.1, 0.15) is 36.8 Å². The van der Waals surface area contributed by atoms with Crippen molar-refractivity contribution in [2.45, 2.75) is 26.2 Å². The number of nitro benzene ring substituents is 1. The lowest BCUT2D eigenvalue weighted by atomic mass is 9.93. The zero-order valence-corrected chi connectivity index (χ0v) is 12.7. The molecule has 0 fully saturated rings. The fourth-order valence-corrected chi connectivity index (χ4v) is 2.54. The van der Waals surface area contributed by atoms with E-state index in [1.165, 1.54) is 35.6 Å². The van der Waals surface area contributed by atoms with E-state index in [0.717, 1.165) is 5.69 Å². The summed E-state index contributed by atoms with van der Waals surface area (Å²) in [4.78, 5) is 26.6. The predicted octanol–water partition coefficient (Wildman–Crippen LogP) is 3.60. The first kappa shape index (κ1) is 15.1. The van der Waals surface area contributed by atoms with Crippen molar-refractivity contribution in [2.24, 2.45) is 0 Å². The first-order valence-corrected chi connectivity index (χ1v) is 7.17. The van der Waals surface area contributed by atoms with Crippen LogP contribution in [0.5, 0.6) is 0 Å². The summed E-state index contributed by atoms with van der Waals surface area (Å²) in [6.07, 6.45) is 0. The van der Waals surface area contributed by atoms with Crippen LogP contribution in [0.3, 0.4) is 0 Å². The lowest BCUT2D eigenvalue weighted by molar-refractivity contribution is -0.384. The summed E-state index contributed by atoms with van der Waals surface area (Å²) in [6, 6.07) is 5.60. The van der Waals surface area contributed by atoms with Gasteiger partial charge in [0.2, 0.25) is 0 Å². The van der Waals surface area contributed by atoms with Crippen molar-refractivity contribution in [3.05, 3.63) is 51.0 Å². The first-order chi connectivity index (χ1) is 9.77. The van der Waals surface area contributed by atoms with Gasteiger partial charge in [0.05, 0.1) is 10.6 Å². The van der Waals surface area contributed by atoms with E-state index >= 15 is 0 Å². The molecule has 21 heavy (non-hydrogen) atoms. The van der Waals surface area contributed by atoms with Crippen LogP contribution >= 0.6 is 11.3 Å². The second-order valence-electron chi connectivity index (χ2n) is 5.55. The number of hydrogen-bond donors (Lipinski definition) is 1. The average Bonchev–Trinajstić information content (AvgIpc) is 2.87. The van der Waals surface area contributed by atoms with Crippen molar-refractivity contribution in [2.75, 3.05) is 5.32 Å². The lowest BCUT2D eigenvalue weighted by Crippen LogP contribution is -2.14. The van der Waals surface area contributed by atoms with Crippen molar-refractivity contribution in [1.29, 1.82) is 0 Å². The SMILES string of the molecule is CC(C)(C)c1csc(NC(=O)c2cccc([N+](=O)[O-])c2)n1. The third kappa shape index (κ3) is 3.63. The number of nitrogens with one attached hydrogen (secondary N) is 1. The number of carbonyl (C=O) groups is 1. The molecule has 0 atom stereocenters. The highest BCUT2D eigenvalue weighted by Gasteiger charge is 2.19. The van der Waals surface area contributed by atoms with Gasteiger partial charge in [-0.2, -0.15) is 0 Å². The summed E-state index contributed by atoms with van der Waals surface area (Å²) >= 11 is 1.33. The maximum Gasteiger partial charge on any atom is 0.270 e. The van der Waals surface area contributed by atoms with Gasteiger partial charge in [-0.05, 0) is 6.07 Å². The molecule has 1 heterocycles. The molecule has 2 aromatic rings. The topological polar surface area (TPSA) is 85.1 Å². The summed E-state index contributed by atoms with van der Waals surface area (Å²) in [7, 11) is 0. The second kappa shape index (κ2) is 5.61.